The molecule has 3 N–H and O–H groups in total. The molecule has 86 valence electrons. The predicted octanol–water partition coefficient (Wildman–Crippen LogP) is 1.24. The Kier molecular flexibility index (Phi) is 2.33. The second kappa shape index (κ2) is 3.43. The van der Waals surface area contributed by atoms with Crippen molar-refractivity contribution in [3.8, 4) is 0 Å². The van der Waals surface area contributed by atoms with Gasteiger partial charge in [-0.2, -0.15) is 0 Å². The number of amides is 1. The van der Waals surface area contributed by atoms with E-state index in [4.69, 9.17) is 5.73 Å². The smallest absolute Gasteiger partial charge is 0.225 e. The Labute approximate surface area is 94.5 Å². The molecule has 0 spiro atoms. The summed E-state index contributed by atoms with van der Waals surface area (Å²) in [4.78, 5) is 20.0. The fourth-order valence-electron chi connectivity index (χ4n) is 1.62. The number of hydrogen-bond donors (Lipinski definition) is 2. The van der Waals surface area contributed by atoms with Crippen LogP contribution in [-0.2, 0) is 16.6 Å². The Hall–Kier alpha value is -1.65. The van der Waals surface area contributed by atoms with Crippen LogP contribution in [-0.4, -0.2) is 15.9 Å². The molecule has 1 amide bonds. The van der Waals surface area contributed by atoms with Crippen molar-refractivity contribution >= 4 is 17.5 Å². The third-order valence-corrected chi connectivity index (χ3v) is 2.57. The second-order valence-electron chi connectivity index (χ2n) is 5.06. The summed E-state index contributed by atoms with van der Waals surface area (Å²) in [6, 6.07) is 0. The highest BCUT2D eigenvalue weighted by atomic mass is 16.1. The quantitative estimate of drug-likeness (QED) is 0.689. The number of carbonyl (C=O) groups is 1. The lowest BCUT2D eigenvalue weighted by atomic mass is 9.95. The van der Waals surface area contributed by atoms with E-state index < -0.39 is 0 Å². The van der Waals surface area contributed by atoms with Crippen molar-refractivity contribution in [2.45, 2.75) is 39.0 Å². The fourth-order valence-corrected chi connectivity index (χ4v) is 1.62. The monoisotopic (exact) mass is 220 g/mol. The standard InChI is InChI=1S/C11H16N4O/c1-11(2,3)10-14-8(12)6-4-5-7(16)13-9(6)15-10/h4-5H2,1-3H3,(H3,12,13,14,15,16). The molecule has 0 bridgehead atoms. The first kappa shape index (κ1) is 10.9. The fraction of sp³-hybridized carbons (Fsp3) is 0.545. The first-order chi connectivity index (χ1) is 7.38. The van der Waals surface area contributed by atoms with Gasteiger partial charge in [0, 0.05) is 17.4 Å². The lowest BCUT2D eigenvalue weighted by molar-refractivity contribution is -0.116. The van der Waals surface area contributed by atoms with Crippen LogP contribution < -0.4 is 11.1 Å². The van der Waals surface area contributed by atoms with Gasteiger partial charge in [0.05, 0.1) is 0 Å². The number of nitrogens with two attached hydrogens (primary N) is 1. The molecule has 5 nitrogen and oxygen atoms in total. The van der Waals surface area contributed by atoms with Crippen molar-refractivity contribution in [1.29, 1.82) is 0 Å². The summed E-state index contributed by atoms with van der Waals surface area (Å²) in [5, 5.41) is 2.74. The van der Waals surface area contributed by atoms with Crippen molar-refractivity contribution in [2.75, 3.05) is 11.1 Å². The van der Waals surface area contributed by atoms with Gasteiger partial charge in [0.1, 0.15) is 17.5 Å². The second-order valence-corrected chi connectivity index (χ2v) is 5.06. The van der Waals surface area contributed by atoms with Gasteiger partial charge in [-0.3, -0.25) is 4.79 Å². The molecule has 1 aliphatic heterocycles. The Morgan fingerprint density at radius 2 is 1.94 bits per heavy atom. The van der Waals surface area contributed by atoms with E-state index in [1.165, 1.54) is 0 Å². The maximum absolute atomic E-state index is 11.3. The molecule has 0 saturated carbocycles. The molecular weight excluding hydrogens is 204 g/mol. The Morgan fingerprint density at radius 1 is 1.25 bits per heavy atom. The molecule has 2 heterocycles. The highest BCUT2D eigenvalue weighted by Crippen LogP contribution is 2.28. The summed E-state index contributed by atoms with van der Waals surface area (Å²) in [5.41, 5.74) is 6.56. The first-order valence-electron chi connectivity index (χ1n) is 5.34. The molecule has 0 aromatic carbocycles. The minimum Gasteiger partial charge on any atom is -0.383 e. The summed E-state index contributed by atoms with van der Waals surface area (Å²) in [6.45, 7) is 6.04. The lowest BCUT2D eigenvalue weighted by Gasteiger charge is -2.22. The van der Waals surface area contributed by atoms with E-state index in [1.54, 1.807) is 0 Å². The summed E-state index contributed by atoms with van der Waals surface area (Å²) < 4.78 is 0. The molecule has 1 aromatic heterocycles. The van der Waals surface area contributed by atoms with E-state index in [0.717, 1.165) is 5.56 Å². The topological polar surface area (TPSA) is 80.9 Å². The molecule has 0 fully saturated rings. The molecule has 16 heavy (non-hydrogen) atoms. The predicted molar refractivity (Wildman–Crippen MR) is 62.1 cm³/mol. The zero-order valence-corrected chi connectivity index (χ0v) is 9.79. The van der Waals surface area contributed by atoms with Gasteiger partial charge >= 0.3 is 0 Å². The van der Waals surface area contributed by atoms with E-state index in [-0.39, 0.29) is 11.3 Å². The van der Waals surface area contributed by atoms with Crippen LogP contribution in [0.1, 0.15) is 38.6 Å². The number of aromatic nitrogens is 2. The molecule has 0 radical (unpaired) electrons. The van der Waals surface area contributed by atoms with E-state index in [9.17, 15) is 4.79 Å². The largest absolute Gasteiger partial charge is 0.383 e. The molecular formula is C11H16N4O. The number of rotatable bonds is 0. The number of anilines is 2. The SMILES string of the molecule is CC(C)(C)c1nc(N)c2c(n1)NC(=O)CC2. The molecule has 2 rings (SSSR count). The third-order valence-electron chi connectivity index (χ3n) is 2.57. The van der Waals surface area contributed by atoms with Crippen molar-refractivity contribution in [1.82, 2.24) is 9.97 Å². The third kappa shape index (κ3) is 1.85. The minimum absolute atomic E-state index is 0.00883. The van der Waals surface area contributed by atoms with Gasteiger partial charge in [-0.25, -0.2) is 9.97 Å². The number of fused-ring (bicyclic) bond motifs is 1. The van der Waals surface area contributed by atoms with Crippen LogP contribution in [0.15, 0.2) is 0 Å². The molecule has 0 aliphatic carbocycles. The summed E-state index contributed by atoms with van der Waals surface area (Å²) >= 11 is 0. The average Bonchev–Trinajstić information content (AvgIpc) is 2.15. The minimum atomic E-state index is -0.175. The number of nitrogens with one attached hydrogen (secondary N) is 1. The van der Waals surface area contributed by atoms with Gasteiger partial charge < -0.3 is 11.1 Å². The molecule has 0 saturated heterocycles. The van der Waals surface area contributed by atoms with Gasteiger partial charge in [-0.1, -0.05) is 20.8 Å². The Bertz CT molecular complexity index is 448. The van der Waals surface area contributed by atoms with Gasteiger partial charge in [-0.05, 0) is 6.42 Å². The van der Waals surface area contributed by atoms with E-state index >= 15 is 0 Å². The van der Waals surface area contributed by atoms with Crippen LogP contribution >= 0.6 is 0 Å². The molecule has 0 unspecified atom stereocenters. The maximum Gasteiger partial charge on any atom is 0.225 e. The summed E-state index contributed by atoms with van der Waals surface area (Å²) in [6.07, 6.45) is 1.08. The van der Waals surface area contributed by atoms with Crippen molar-refractivity contribution in [3.05, 3.63) is 11.4 Å². The zero-order valence-electron chi connectivity index (χ0n) is 9.79. The van der Waals surface area contributed by atoms with Crippen LogP contribution in [0.2, 0.25) is 0 Å². The van der Waals surface area contributed by atoms with E-state index in [0.29, 0.717) is 30.3 Å². The molecule has 0 atom stereocenters. The van der Waals surface area contributed by atoms with Gasteiger partial charge in [0.25, 0.3) is 0 Å². The molecule has 1 aliphatic rings. The zero-order chi connectivity index (χ0) is 11.9. The van der Waals surface area contributed by atoms with Crippen LogP contribution in [0.3, 0.4) is 0 Å². The Morgan fingerprint density at radius 3 is 2.56 bits per heavy atom. The summed E-state index contributed by atoms with van der Waals surface area (Å²) in [7, 11) is 0. The number of nitrogen functional groups attached to an aromatic ring is 1. The number of nitrogens with zero attached hydrogens (tertiary/aromatic N) is 2. The van der Waals surface area contributed by atoms with Crippen LogP contribution in [0.25, 0.3) is 0 Å². The molecule has 1 aromatic rings. The van der Waals surface area contributed by atoms with Crippen LogP contribution in [0, 0.1) is 0 Å². The Balaban J connectivity index is 2.52. The maximum atomic E-state index is 11.3. The average molecular weight is 220 g/mol. The highest BCUT2D eigenvalue weighted by Gasteiger charge is 2.24. The molecule has 5 heteroatoms. The van der Waals surface area contributed by atoms with Crippen LogP contribution in [0.4, 0.5) is 11.6 Å². The van der Waals surface area contributed by atoms with Gasteiger partial charge in [-0.15, -0.1) is 0 Å². The van der Waals surface area contributed by atoms with Gasteiger partial charge in [0.2, 0.25) is 5.91 Å². The highest BCUT2D eigenvalue weighted by molar-refractivity contribution is 5.93. The number of hydrogen-bond acceptors (Lipinski definition) is 4. The van der Waals surface area contributed by atoms with Crippen molar-refractivity contribution in [2.24, 2.45) is 0 Å². The van der Waals surface area contributed by atoms with E-state index in [2.05, 4.69) is 15.3 Å². The normalized spacial score (nSPS) is 15.6. The first-order valence-corrected chi connectivity index (χ1v) is 5.34. The van der Waals surface area contributed by atoms with Gasteiger partial charge in [0.15, 0.2) is 0 Å². The van der Waals surface area contributed by atoms with Crippen molar-refractivity contribution < 1.29 is 4.79 Å². The van der Waals surface area contributed by atoms with Crippen LogP contribution in [0.5, 0.6) is 0 Å². The van der Waals surface area contributed by atoms with Crippen molar-refractivity contribution in [3.63, 3.8) is 0 Å². The summed E-state index contributed by atoms with van der Waals surface area (Å²) in [5.74, 6) is 1.71. The number of carbonyl (C=O) groups excluding carboxylic acids is 1. The lowest BCUT2D eigenvalue weighted by Crippen LogP contribution is -2.25. The van der Waals surface area contributed by atoms with E-state index in [1.807, 2.05) is 20.8 Å².